The van der Waals surface area contributed by atoms with Gasteiger partial charge in [-0.05, 0) is 57.9 Å². The molecule has 2 aliphatic rings. The predicted octanol–water partition coefficient (Wildman–Crippen LogP) is 4.42. The number of fused-ring (bicyclic) bond motifs is 1. The lowest BCUT2D eigenvalue weighted by molar-refractivity contribution is 0.318. The molecule has 0 amide bonds. The van der Waals surface area contributed by atoms with Crippen LogP contribution in [0.3, 0.4) is 0 Å². The molecule has 0 bridgehead atoms. The minimum absolute atomic E-state index is 0.571. The van der Waals surface area contributed by atoms with E-state index >= 15 is 0 Å². The van der Waals surface area contributed by atoms with Crippen molar-refractivity contribution in [2.24, 2.45) is 5.92 Å². The lowest BCUT2D eigenvalue weighted by atomic mass is 9.81. The second-order valence-corrected chi connectivity index (χ2v) is 7.28. The summed E-state index contributed by atoms with van der Waals surface area (Å²) in [5.41, 5.74) is 1.41. The fourth-order valence-corrected chi connectivity index (χ4v) is 5.13. The minimum atomic E-state index is 0.571. The number of hydrogen-bond donors (Lipinski definition) is 1. The summed E-state index contributed by atoms with van der Waals surface area (Å²) in [4.78, 5) is 6.54. The van der Waals surface area contributed by atoms with Crippen LogP contribution in [0.4, 0.5) is 0 Å². The SMILES string of the molecule is CCC1CCC(c2nc3c(s2)C(NC)CCC3)CC1. The van der Waals surface area contributed by atoms with Crippen molar-refractivity contribution in [1.29, 1.82) is 0 Å². The van der Waals surface area contributed by atoms with Crippen molar-refractivity contribution in [3.8, 4) is 0 Å². The van der Waals surface area contributed by atoms with Crippen LogP contribution in [0.15, 0.2) is 0 Å². The van der Waals surface area contributed by atoms with E-state index in [0.29, 0.717) is 6.04 Å². The zero-order chi connectivity index (χ0) is 13.2. The molecule has 0 radical (unpaired) electrons. The van der Waals surface area contributed by atoms with Gasteiger partial charge in [0.1, 0.15) is 0 Å². The van der Waals surface area contributed by atoms with E-state index in [4.69, 9.17) is 4.98 Å². The Morgan fingerprint density at radius 3 is 2.68 bits per heavy atom. The highest BCUT2D eigenvalue weighted by Crippen LogP contribution is 2.42. The van der Waals surface area contributed by atoms with Crippen molar-refractivity contribution in [2.75, 3.05) is 7.05 Å². The first-order chi connectivity index (χ1) is 9.31. The molecule has 3 heteroatoms. The minimum Gasteiger partial charge on any atom is -0.312 e. The third-order valence-electron chi connectivity index (χ3n) is 5.09. The molecule has 2 nitrogen and oxygen atoms in total. The Balaban J connectivity index is 1.74. The zero-order valence-electron chi connectivity index (χ0n) is 12.2. The third kappa shape index (κ3) is 2.73. The molecule has 19 heavy (non-hydrogen) atoms. The fraction of sp³-hybridized carbons (Fsp3) is 0.812. The van der Waals surface area contributed by atoms with Crippen LogP contribution in [0.25, 0.3) is 0 Å². The molecular weight excluding hydrogens is 252 g/mol. The van der Waals surface area contributed by atoms with E-state index < -0.39 is 0 Å². The number of thiazole rings is 1. The van der Waals surface area contributed by atoms with E-state index in [1.807, 2.05) is 11.3 Å². The molecule has 2 aliphatic carbocycles. The number of nitrogens with zero attached hydrogens (tertiary/aromatic N) is 1. The summed E-state index contributed by atoms with van der Waals surface area (Å²) < 4.78 is 0. The zero-order valence-corrected chi connectivity index (χ0v) is 13.1. The Bertz CT molecular complexity index is 418. The van der Waals surface area contributed by atoms with Crippen LogP contribution in [-0.4, -0.2) is 12.0 Å². The summed E-state index contributed by atoms with van der Waals surface area (Å²) in [6.45, 7) is 2.34. The van der Waals surface area contributed by atoms with Crippen molar-refractivity contribution in [1.82, 2.24) is 10.3 Å². The number of rotatable bonds is 3. The number of aryl methyl sites for hydroxylation is 1. The van der Waals surface area contributed by atoms with Gasteiger partial charge in [-0.3, -0.25) is 0 Å². The third-order valence-corrected chi connectivity index (χ3v) is 6.46. The number of hydrogen-bond acceptors (Lipinski definition) is 3. The summed E-state index contributed by atoms with van der Waals surface area (Å²) >= 11 is 2.01. The van der Waals surface area contributed by atoms with Crippen LogP contribution in [0.2, 0.25) is 0 Å². The maximum Gasteiger partial charge on any atom is 0.0962 e. The topological polar surface area (TPSA) is 24.9 Å². The van der Waals surface area contributed by atoms with Gasteiger partial charge in [-0.1, -0.05) is 13.3 Å². The van der Waals surface area contributed by atoms with Crippen molar-refractivity contribution < 1.29 is 0 Å². The van der Waals surface area contributed by atoms with Gasteiger partial charge in [0.2, 0.25) is 0 Å². The van der Waals surface area contributed by atoms with Crippen LogP contribution >= 0.6 is 11.3 Å². The molecule has 1 fully saturated rings. The van der Waals surface area contributed by atoms with Crippen molar-refractivity contribution in [3.63, 3.8) is 0 Å². The van der Waals surface area contributed by atoms with Crippen molar-refractivity contribution in [3.05, 3.63) is 15.6 Å². The lowest BCUT2D eigenvalue weighted by Crippen LogP contribution is -2.19. The second kappa shape index (κ2) is 5.92. The highest BCUT2D eigenvalue weighted by molar-refractivity contribution is 7.12. The van der Waals surface area contributed by atoms with Gasteiger partial charge in [-0.2, -0.15) is 0 Å². The monoisotopic (exact) mass is 278 g/mol. The fourth-order valence-electron chi connectivity index (χ4n) is 3.71. The first-order valence-electron chi connectivity index (χ1n) is 7.98. The Morgan fingerprint density at radius 1 is 1.21 bits per heavy atom. The second-order valence-electron chi connectivity index (χ2n) is 6.22. The van der Waals surface area contributed by atoms with Crippen LogP contribution < -0.4 is 5.32 Å². The normalized spacial score (nSPS) is 31.2. The van der Waals surface area contributed by atoms with E-state index in [0.717, 1.165) is 11.8 Å². The van der Waals surface area contributed by atoms with Crippen LogP contribution in [0, 0.1) is 5.92 Å². The van der Waals surface area contributed by atoms with Crippen LogP contribution in [-0.2, 0) is 6.42 Å². The summed E-state index contributed by atoms with van der Waals surface area (Å²) in [5.74, 6) is 1.74. The molecule has 0 saturated heterocycles. The van der Waals surface area contributed by atoms with Gasteiger partial charge in [0, 0.05) is 16.8 Å². The maximum atomic E-state index is 5.00. The quantitative estimate of drug-likeness (QED) is 0.885. The Hall–Kier alpha value is -0.410. The molecule has 1 saturated carbocycles. The Kier molecular flexibility index (Phi) is 4.23. The van der Waals surface area contributed by atoms with E-state index in [1.54, 1.807) is 4.88 Å². The molecule has 1 atom stereocenters. The van der Waals surface area contributed by atoms with Gasteiger partial charge >= 0.3 is 0 Å². The summed E-state index contributed by atoms with van der Waals surface area (Å²) in [6.07, 6.45) is 10.7. The van der Waals surface area contributed by atoms with Gasteiger partial charge in [0.25, 0.3) is 0 Å². The molecule has 0 aliphatic heterocycles. The Morgan fingerprint density at radius 2 is 2.00 bits per heavy atom. The van der Waals surface area contributed by atoms with Gasteiger partial charge in [-0.25, -0.2) is 4.98 Å². The summed E-state index contributed by atoms with van der Waals surface area (Å²) in [6, 6.07) is 0.571. The standard InChI is InChI=1S/C16H26N2S/c1-3-11-7-9-12(10-8-11)16-18-14-6-4-5-13(17-2)15(14)19-16/h11-13,17H,3-10H2,1-2H3. The van der Waals surface area contributed by atoms with Crippen molar-refractivity contribution in [2.45, 2.75) is 70.3 Å². The summed E-state index contributed by atoms with van der Waals surface area (Å²) in [5, 5.41) is 4.91. The number of aromatic nitrogens is 1. The highest BCUT2D eigenvalue weighted by Gasteiger charge is 2.28. The molecule has 1 aromatic heterocycles. The van der Waals surface area contributed by atoms with E-state index in [1.165, 1.54) is 62.1 Å². The lowest BCUT2D eigenvalue weighted by Gasteiger charge is -2.26. The first kappa shape index (κ1) is 13.6. The smallest absolute Gasteiger partial charge is 0.0962 e. The van der Waals surface area contributed by atoms with Gasteiger partial charge in [0.05, 0.1) is 10.7 Å². The molecule has 0 spiro atoms. The molecule has 1 unspecified atom stereocenters. The molecule has 106 valence electrons. The van der Waals surface area contributed by atoms with E-state index in [-0.39, 0.29) is 0 Å². The van der Waals surface area contributed by atoms with E-state index in [2.05, 4.69) is 19.3 Å². The Labute approximate surface area is 121 Å². The van der Waals surface area contributed by atoms with Gasteiger partial charge in [-0.15, -0.1) is 11.3 Å². The predicted molar refractivity (Wildman–Crippen MR) is 81.8 cm³/mol. The molecule has 0 aromatic carbocycles. The molecule has 1 aromatic rings. The molecular formula is C16H26N2S. The highest BCUT2D eigenvalue weighted by atomic mass is 32.1. The van der Waals surface area contributed by atoms with Crippen LogP contribution in [0.5, 0.6) is 0 Å². The van der Waals surface area contributed by atoms with Crippen LogP contribution in [0.1, 0.15) is 79.4 Å². The largest absolute Gasteiger partial charge is 0.312 e. The first-order valence-corrected chi connectivity index (χ1v) is 8.80. The molecule has 3 rings (SSSR count). The van der Waals surface area contributed by atoms with Crippen molar-refractivity contribution >= 4 is 11.3 Å². The van der Waals surface area contributed by atoms with Gasteiger partial charge in [0.15, 0.2) is 0 Å². The average Bonchev–Trinajstić information content (AvgIpc) is 2.91. The molecule has 1 N–H and O–H groups in total. The number of nitrogens with one attached hydrogen (secondary N) is 1. The maximum absolute atomic E-state index is 5.00. The molecule has 1 heterocycles. The van der Waals surface area contributed by atoms with Gasteiger partial charge < -0.3 is 5.32 Å². The van der Waals surface area contributed by atoms with E-state index in [9.17, 15) is 0 Å². The summed E-state index contributed by atoms with van der Waals surface area (Å²) in [7, 11) is 2.09. The average molecular weight is 278 g/mol.